The molecule has 0 aliphatic heterocycles. The van der Waals surface area contributed by atoms with Crippen LogP contribution in [0.1, 0.15) is 21.7 Å². The molecule has 116 valence electrons. The fourth-order valence-electron chi connectivity index (χ4n) is 2.00. The Kier molecular flexibility index (Phi) is 5.38. The molecule has 5 nitrogen and oxygen atoms in total. The molecule has 0 bridgehead atoms. The van der Waals surface area contributed by atoms with E-state index in [1.54, 1.807) is 12.1 Å². The zero-order valence-electron chi connectivity index (χ0n) is 12.3. The van der Waals surface area contributed by atoms with E-state index in [0.717, 1.165) is 11.1 Å². The van der Waals surface area contributed by atoms with Gasteiger partial charge < -0.3 is 14.1 Å². The summed E-state index contributed by atoms with van der Waals surface area (Å²) in [7, 11) is 1.29. The Hall–Kier alpha value is -2.08. The molecule has 0 aliphatic carbocycles. The van der Waals surface area contributed by atoms with Gasteiger partial charge in [-0.05, 0) is 46.1 Å². The van der Waals surface area contributed by atoms with Gasteiger partial charge in [0.25, 0.3) is 5.91 Å². The van der Waals surface area contributed by atoms with Gasteiger partial charge in [0.05, 0.1) is 7.11 Å². The van der Waals surface area contributed by atoms with E-state index in [0.29, 0.717) is 11.2 Å². The normalized spacial score (nSPS) is 10.3. The number of hydrogen-bond donors (Lipinski definition) is 0. The fourth-order valence-corrected chi connectivity index (χ4v) is 2.30. The molecular formula is C16H16BrNO4. The standard InChI is InChI=1S/C16H16BrNO4/c1-11-5-3-4-6-12(11)9-18(10-15(19)21-2)16(20)13-7-8-14(17)22-13/h3-8H,9-10H2,1-2H3. The molecule has 6 heteroatoms. The van der Waals surface area contributed by atoms with E-state index < -0.39 is 5.97 Å². The van der Waals surface area contributed by atoms with Crippen molar-refractivity contribution in [2.75, 3.05) is 13.7 Å². The van der Waals surface area contributed by atoms with Crippen LogP contribution >= 0.6 is 15.9 Å². The third kappa shape index (κ3) is 3.98. The van der Waals surface area contributed by atoms with Gasteiger partial charge in [-0.1, -0.05) is 24.3 Å². The molecule has 0 radical (unpaired) electrons. The maximum absolute atomic E-state index is 12.5. The first-order valence-electron chi connectivity index (χ1n) is 6.67. The summed E-state index contributed by atoms with van der Waals surface area (Å²) in [5, 5.41) is 0. The molecule has 2 rings (SSSR count). The number of esters is 1. The number of methoxy groups -OCH3 is 1. The lowest BCUT2D eigenvalue weighted by Crippen LogP contribution is -2.35. The maximum atomic E-state index is 12.5. The highest BCUT2D eigenvalue weighted by atomic mass is 79.9. The third-order valence-corrected chi connectivity index (χ3v) is 3.67. The van der Waals surface area contributed by atoms with Gasteiger partial charge in [-0.25, -0.2) is 0 Å². The summed E-state index contributed by atoms with van der Waals surface area (Å²) in [5.41, 5.74) is 2.01. The quantitative estimate of drug-likeness (QED) is 0.763. The molecule has 0 saturated carbocycles. The molecule has 0 aliphatic rings. The average molecular weight is 366 g/mol. The summed E-state index contributed by atoms with van der Waals surface area (Å²) in [5.74, 6) is -0.670. The summed E-state index contributed by atoms with van der Waals surface area (Å²) in [6, 6.07) is 10.9. The molecule has 22 heavy (non-hydrogen) atoms. The fraction of sp³-hybridized carbons (Fsp3) is 0.250. The first-order chi connectivity index (χ1) is 10.5. The highest BCUT2D eigenvalue weighted by molar-refractivity contribution is 9.10. The molecule has 0 N–H and O–H groups in total. The van der Waals surface area contributed by atoms with Crippen molar-refractivity contribution in [3.8, 4) is 0 Å². The molecule has 2 aromatic rings. The summed E-state index contributed by atoms with van der Waals surface area (Å²) >= 11 is 3.16. The van der Waals surface area contributed by atoms with Gasteiger partial charge in [0.15, 0.2) is 10.4 Å². The van der Waals surface area contributed by atoms with Crippen molar-refractivity contribution in [2.24, 2.45) is 0 Å². The molecule has 1 aromatic carbocycles. The highest BCUT2D eigenvalue weighted by Crippen LogP contribution is 2.18. The Balaban J connectivity index is 2.24. The van der Waals surface area contributed by atoms with Crippen molar-refractivity contribution in [3.63, 3.8) is 0 Å². The number of hydrogen-bond acceptors (Lipinski definition) is 4. The van der Waals surface area contributed by atoms with Crippen LogP contribution in [-0.4, -0.2) is 30.4 Å². The van der Waals surface area contributed by atoms with Crippen molar-refractivity contribution in [1.29, 1.82) is 0 Å². The predicted octanol–water partition coefficient (Wildman–Crippen LogP) is 3.17. The number of furan rings is 1. The molecular weight excluding hydrogens is 350 g/mol. The van der Waals surface area contributed by atoms with E-state index in [1.165, 1.54) is 12.0 Å². The second kappa shape index (κ2) is 7.26. The van der Waals surface area contributed by atoms with Gasteiger partial charge >= 0.3 is 5.97 Å². The van der Waals surface area contributed by atoms with E-state index in [4.69, 9.17) is 4.42 Å². The van der Waals surface area contributed by atoms with E-state index in [1.807, 2.05) is 31.2 Å². The zero-order chi connectivity index (χ0) is 16.1. The van der Waals surface area contributed by atoms with Crippen LogP contribution in [0.3, 0.4) is 0 Å². The van der Waals surface area contributed by atoms with Crippen LogP contribution in [0.15, 0.2) is 45.5 Å². The van der Waals surface area contributed by atoms with Crippen molar-refractivity contribution in [2.45, 2.75) is 13.5 Å². The minimum absolute atomic E-state index is 0.137. The lowest BCUT2D eigenvalue weighted by molar-refractivity contribution is -0.141. The summed E-state index contributed by atoms with van der Waals surface area (Å²) < 4.78 is 10.4. The number of carbonyl (C=O) groups is 2. The van der Waals surface area contributed by atoms with Gasteiger partial charge in [-0.15, -0.1) is 0 Å². The lowest BCUT2D eigenvalue weighted by atomic mass is 10.1. The summed E-state index contributed by atoms with van der Waals surface area (Å²) in [4.78, 5) is 25.5. The van der Waals surface area contributed by atoms with Gasteiger partial charge in [0, 0.05) is 6.54 Å². The van der Waals surface area contributed by atoms with Crippen molar-refractivity contribution >= 4 is 27.8 Å². The van der Waals surface area contributed by atoms with Gasteiger partial charge in [0.2, 0.25) is 0 Å². The number of ether oxygens (including phenoxy) is 1. The van der Waals surface area contributed by atoms with E-state index in [-0.39, 0.29) is 18.2 Å². The van der Waals surface area contributed by atoms with E-state index in [9.17, 15) is 9.59 Å². The Bertz CT molecular complexity index is 680. The zero-order valence-corrected chi connectivity index (χ0v) is 13.9. The van der Waals surface area contributed by atoms with Crippen molar-refractivity contribution in [1.82, 2.24) is 4.90 Å². The van der Waals surface area contributed by atoms with Gasteiger partial charge in [0.1, 0.15) is 6.54 Å². The van der Waals surface area contributed by atoms with Crippen LogP contribution in [0.4, 0.5) is 0 Å². The molecule has 0 saturated heterocycles. The van der Waals surface area contributed by atoms with Crippen LogP contribution in [0.25, 0.3) is 0 Å². The minimum atomic E-state index is -0.479. The lowest BCUT2D eigenvalue weighted by Gasteiger charge is -2.21. The molecule has 1 aromatic heterocycles. The van der Waals surface area contributed by atoms with Gasteiger partial charge in [-0.2, -0.15) is 0 Å². The van der Waals surface area contributed by atoms with Crippen LogP contribution in [0.2, 0.25) is 0 Å². The van der Waals surface area contributed by atoms with Crippen LogP contribution < -0.4 is 0 Å². The number of benzene rings is 1. The predicted molar refractivity (Wildman–Crippen MR) is 84.3 cm³/mol. The Labute approximate surface area is 137 Å². The molecule has 1 amide bonds. The summed E-state index contributed by atoms with van der Waals surface area (Å²) in [6.45, 7) is 2.13. The third-order valence-electron chi connectivity index (χ3n) is 3.24. The first kappa shape index (κ1) is 16.3. The second-order valence-corrected chi connectivity index (χ2v) is 5.55. The Morgan fingerprint density at radius 3 is 2.55 bits per heavy atom. The monoisotopic (exact) mass is 365 g/mol. The highest BCUT2D eigenvalue weighted by Gasteiger charge is 2.22. The van der Waals surface area contributed by atoms with Crippen LogP contribution in [0, 0.1) is 6.92 Å². The summed E-state index contributed by atoms with van der Waals surface area (Å²) in [6.07, 6.45) is 0. The SMILES string of the molecule is COC(=O)CN(Cc1ccccc1C)C(=O)c1ccc(Br)o1. The number of aryl methyl sites for hydroxylation is 1. The Morgan fingerprint density at radius 1 is 1.23 bits per heavy atom. The molecule has 0 atom stereocenters. The largest absolute Gasteiger partial charge is 0.468 e. The number of carbonyl (C=O) groups excluding carboxylic acids is 2. The number of nitrogens with zero attached hydrogens (tertiary/aromatic N) is 1. The Morgan fingerprint density at radius 2 is 1.95 bits per heavy atom. The van der Waals surface area contributed by atoms with Gasteiger partial charge in [-0.3, -0.25) is 9.59 Å². The van der Waals surface area contributed by atoms with Crippen LogP contribution in [0.5, 0.6) is 0 Å². The number of halogens is 1. The van der Waals surface area contributed by atoms with E-state index in [2.05, 4.69) is 20.7 Å². The second-order valence-electron chi connectivity index (χ2n) is 4.77. The maximum Gasteiger partial charge on any atom is 0.325 e. The van der Waals surface area contributed by atoms with Crippen LogP contribution in [-0.2, 0) is 16.1 Å². The van der Waals surface area contributed by atoms with E-state index >= 15 is 0 Å². The molecule has 0 unspecified atom stereocenters. The molecule has 0 spiro atoms. The molecule has 0 fully saturated rings. The number of amides is 1. The molecule has 1 heterocycles. The smallest absolute Gasteiger partial charge is 0.325 e. The first-order valence-corrected chi connectivity index (χ1v) is 7.46. The topological polar surface area (TPSA) is 59.8 Å². The van der Waals surface area contributed by atoms with Crippen molar-refractivity contribution < 1.29 is 18.7 Å². The van der Waals surface area contributed by atoms with Crippen molar-refractivity contribution in [3.05, 3.63) is 58.0 Å². The number of rotatable bonds is 5. The average Bonchev–Trinajstić information content (AvgIpc) is 2.94. The minimum Gasteiger partial charge on any atom is -0.468 e.